The molecule has 2 aliphatic carbocycles. The van der Waals surface area contributed by atoms with Gasteiger partial charge >= 0.3 is 0 Å². The molecular weight excluding hydrogens is 312 g/mol. The molecular formula is C17H22N2O3S. The van der Waals surface area contributed by atoms with Crippen molar-refractivity contribution in [3.63, 3.8) is 0 Å². The first kappa shape index (κ1) is 15.1. The van der Waals surface area contributed by atoms with Crippen molar-refractivity contribution in [3.8, 4) is 0 Å². The largest absolute Gasteiger partial charge is 0.368 e. The van der Waals surface area contributed by atoms with Crippen LogP contribution in [0.1, 0.15) is 37.2 Å². The molecule has 4 rings (SSSR count). The van der Waals surface area contributed by atoms with Crippen LogP contribution < -0.4 is 5.73 Å². The number of rotatable bonds is 4. The van der Waals surface area contributed by atoms with Gasteiger partial charge in [0.15, 0.2) is 0 Å². The maximum absolute atomic E-state index is 13.0. The molecule has 1 aromatic carbocycles. The number of fused-ring (bicyclic) bond motifs is 1. The van der Waals surface area contributed by atoms with Gasteiger partial charge in [0, 0.05) is 12.5 Å². The third-order valence-corrected chi connectivity index (χ3v) is 8.12. The molecule has 1 amide bonds. The summed E-state index contributed by atoms with van der Waals surface area (Å²) in [4.78, 5) is 11.9. The summed E-state index contributed by atoms with van der Waals surface area (Å²) >= 11 is 0. The highest BCUT2D eigenvalue weighted by Crippen LogP contribution is 2.50. The van der Waals surface area contributed by atoms with Crippen molar-refractivity contribution in [2.45, 2.75) is 42.9 Å². The minimum absolute atomic E-state index is 0.0511. The molecule has 2 saturated carbocycles. The molecule has 5 atom stereocenters. The third-order valence-electron chi connectivity index (χ3n) is 5.81. The standard InChI is InChI=1S/C17H22N2O3S/c18-17(20)16-13-8-4-7-12(13)10-19(16)23(21,22)15-9-14(15)11-5-2-1-3-6-11/h1-3,5-6,12-16H,4,7-10H2,(H2,18,20). The summed E-state index contributed by atoms with van der Waals surface area (Å²) in [5, 5.41) is -0.398. The first-order valence-corrected chi connectivity index (χ1v) is 9.85. The Morgan fingerprint density at radius 3 is 2.61 bits per heavy atom. The fourth-order valence-corrected chi connectivity index (χ4v) is 6.95. The zero-order chi connectivity index (χ0) is 16.2. The zero-order valence-corrected chi connectivity index (χ0v) is 13.8. The van der Waals surface area contributed by atoms with Crippen molar-refractivity contribution >= 4 is 15.9 Å². The van der Waals surface area contributed by atoms with E-state index in [1.807, 2.05) is 30.3 Å². The summed E-state index contributed by atoms with van der Waals surface area (Å²) in [6.45, 7) is 0.471. The van der Waals surface area contributed by atoms with Gasteiger partial charge in [-0.15, -0.1) is 0 Å². The van der Waals surface area contributed by atoms with E-state index in [0.717, 1.165) is 24.8 Å². The van der Waals surface area contributed by atoms with E-state index in [2.05, 4.69) is 0 Å². The van der Waals surface area contributed by atoms with E-state index in [1.165, 1.54) is 4.31 Å². The van der Waals surface area contributed by atoms with Crippen LogP contribution in [0.2, 0.25) is 0 Å². The van der Waals surface area contributed by atoms with E-state index in [0.29, 0.717) is 18.9 Å². The van der Waals surface area contributed by atoms with Crippen LogP contribution in [0.4, 0.5) is 0 Å². The number of nitrogens with two attached hydrogens (primary N) is 1. The summed E-state index contributed by atoms with van der Waals surface area (Å²) in [5.74, 6) is -0.0116. The molecule has 6 heteroatoms. The molecule has 1 saturated heterocycles. The van der Waals surface area contributed by atoms with Crippen molar-refractivity contribution in [1.82, 2.24) is 4.31 Å². The Hall–Kier alpha value is -1.40. The van der Waals surface area contributed by atoms with Crippen molar-refractivity contribution in [3.05, 3.63) is 35.9 Å². The lowest BCUT2D eigenvalue weighted by Gasteiger charge is -2.24. The Balaban J connectivity index is 1.58. The van der Waals surface area contributed by atoms with Gasteiger partial charge in [0.1, 0.15) is 6.04 Å². The maximum Gasteiger partial charge on any atom is 0.236 e. The number of sulfonamides is 1. The van der Waals surface area contributed by atoms with Gasteiger partial charge in [0.2, 0.25) is 15.9 Å². The molecule has 1 aromatic rings. The van der Waals surface area contributed by atoms with Crippen molar-refractivity contribution in [2.24, 2.45) is 17.6 Å². The second-order valence-electron chi connectivity index (χ2n) is 7.11. The fourth-order valence-electron chi connectivity index (χ4n) is 4.61. The topological polar surface area (TPSA) is 80.5 Å². The Labute approximate surface area is 136 Å². The molecule has 23 heavy (non-hydrogen) atoms. The van der Waals surface area contributed by atoms with Gasteiger partial charge in [-0.05, 0) is 36.7 Å². The average Bonchev–Trinajstić information content (AvgIpc) is 3.07. The van der Waals surface area contributed by atoms with Crippen LogP contribution in [0.5, 0.6) is 0 Å². The highest BCUT2D eigenvalue weighted by Gasteiger charge is 2.57. The molecule has 1 aliphatic heterocycles. The van der Waals surface area contributed by atoms with Gasteiger partial charge in [-0.2, -0.15) is 4.31 Å². The lowest BCUT2D eigenvalue weighted by molar-refractivity contribution is -0.122. The number of hydrogen-bond donors (Lipinski definition) is 1. The van der Waals surface area contributed by atoms with Gasteiger partial charge in [-0.1, -0.05) is 36.8 Å². The van der Waals surface area contributed by atoms with E-state index in [4.69, 9.17) is 5.73 Å². The van der Waals surface area contributed by atoms with Gasteiger partial charge in [0.25, 0.3) is 0 Å². The summed E-state index contributed by atoms with van der Waals surface area (Å²) in [6, 6.07) is 9.12. The molecule has 3 aliphatic rings. The monoisotopic (exact) mass is 334 g/mol. The van der Waals surface area contributed by atoms with E-state index < -0.39 is 27.2 Å². The number of carbonyl (C=O) groups is 1. The van der Waals surface area contributed by atoms with E-state index in [1.54, 1.807) is 0 Å². The molecule has 0 bridgehead atoms. The quantitative estimate of drug-likeness (QED) is 0.905. The Morgan fingerprint density at radius 2 is 1.91 bits per heavy atom. The van der Waals surface area contributed by atoms with E-state index in [9.17, 15) is 13.2 Å². The first-order valence-electron chi connectivity index (χ1n) is 8.35. The lowest BCUT2D eigenvalue weighted by Crippen LogP contribution is -2.47. The van der Waals surface area contributed by atoms with Crippen LogP contribution in [-0.2, 0) is 14.8 Å². The molecule has 1 heterocycles. The van der Waals surface area contributed by atoms with Gasteiger partial charge < -0.3 is 5.73 Å². The zero-order valence-electron chi connectivity index (χ0n) is 13.0. The Kier molecular flexibility index (Phi) is 3.50. The molecule has 2 N–H and O–H groups in total. The number of benzene rings is 1. The molecule has 0 aromatic heterocycles. The molecule has 3 fully saturated rings. The van der Waals surface area contributed by atoms with E-state index in [-0.39, 0.29) is 11.8 Å². The molecule has 5 unspecified atom stereocenters. The number of primary amides is 1. The molecule has 5 nitrogen and oxygen atoms in total. The van der Waals surface area contributed by atoms with Crippen molar-refractivity contribution in [2.75, 3.05) is 6.54 Å². The van der Waals surface area contributed by atoms with Crippen molar-refractivity contribution < 1.29 is 13.2 Å². The van der Waals surface area contributed by atoms with Gasteiger partial charge in [-0.3, -0.25) is 4.79 Å². The van der Waals surface area contributed by atoms with Gasteiger partial charge in [0.05, 0.1) is 5.25 Å². The smallest absolute Gasteiger partial charge is 0.236 e. The van der Waals surface area contributed by atoms with Crippen LogP contribution in [0, 0.1) is 11.8 Å². The van der Waals surface area contributed by atoms with Crippen LogP contribution in [0.15, 0.2) is 30.3 Å². The SMILES string of the molecule is NC(=O)C1C2CCCC2CN1S(=O)(=O)C1CC1c1ccccc1. The molecule has 0 spiro atoms. The predicted octanol–water partition coefficient (Wildman–Crippen LogP) is 1.46. The highest BCUT2D eigenvalue weighted by atomic mass is 32.2. The molecule has 124 valence electrons. The number of carbonyl (C=O) groups excluding carboxylic acids is 1. The molecule has 0 radical (unpaired) electrons. The normalized spacial score (nSPS) is 36.8. The Bertz CT molecular complexity index is 719. The average molecular weight is 334 g/mol. The van der Waals surface area contributed by atoms with Crippen LogP contribution >= 0.6 is 0 Å². The Morgan fingerprint density at radius 1 is 1.17 bits per heavy atom. The highest BCUT2D eigenvalue weighted by molar-refractivity contribution is 7.90. The number of hydrogen-bond acceptors (Lipinski definition) is 3. The van der Waals surface area contributed by atoms with E-state index >= 15 is 0 Å². The lowest BCUT2D eigenvalue weighted by atomic mass is 9.94. The second-order valence-corrected chi connectivity index (χ2v) is 9.21. The predicted molar refractivity (Wildman–Crippen MR) is 87.0 cm³/mol. The maximum atomic E-state index is 13.0. The first-order chi connectivity index (χ1) is 11.0. The van der Waals surface area contributed by atoms with Crippen LogP contribution in [-0.4, -0.2) is 36.5 Å². The van der Waals surface area contributed by atoms with Crippen LogP contribution in [0.3, 0.4) is 0 Å². The van der Waals surface area contributed by atoms with Crippen LogP contribution in [0.25, 0.3) is 0 Å². The third kappa shape index (κ3) is 2.39. The second kappa shape index (κ2) is 5.31. The number of nitrogens with zero attached hydrogens (tertiary/aromatic N) is 1. The number of amides is 1. The minimum atomic E-state index is -3.47. The summed E-state index contributed by atoms with van der Waals surface area (Å²) in [7, 11) is -3.47. The fraction of sp³-hybridized carbons (Fsp3) is 0.588. The van der Waals surface area contributed by atoms with Gasteiger partial charge in [-0.25, -0.2) is 8.42 Å². The van der Waals surface area contributed by atoms with Crippen molar-refractivity contribution in [1.29, 1.82) is 0 Å². The summed E-state index contributed by atoms with van der Waals surface area (Å²) < 4.78 is 27.5. The minimum Gasteiger partial charge on any atom is -0.368 e. The summed E-state index contributed by atoms with van der Waals surface area (Å²) in [6.07, 6.45) is 3.64. The summed E-state index contributed by atoms with van der Waals surface area (Å²) in [5.41, 5.74) is 6.63.